The Kier molecular flexibility index (Phi) is 6.58. The van der Waals surface area contributed by atoms with Gasteiger partial charge in [0.05, 0.1) is 17.2 Å². The smallest absolute Gasteiger partial charge is 0.166 e. The molecule has 0 aliphatic rings. The molecule has 0 atom stereocenters. The number of hydrogen-bond acceptors (Lipinski definition) is 3. The summed E-state index contributed by atoms with van der Waals surface area (Å²) in [4.78, 5) is 0. The largest absolute Gasteiger partial charge is 0.493 e. The number of benzene rings is 2. The van der Waals surface area contributed by atoms with Gasteiger partial charge in [0.15, 0.2) is 11.5 Å². The first kappa shape index (κ1) is 17.9. The van der Waals surface area contributed by atoms with Crippen molar-refractivity contribution in [1.82, 2.24) is 5.32 Å². The molecule has 0 radical (unpaired) electrons. The zero-order chi connectivity index (χ0) is 16.8. The van der Waals surface area contributed by atoms with Crippen LogP contribution in [0.5, 0.6) is 11.5 Å². The van der Waals surface area contributed by atoms with Gasteiger partial charge in [-0.3, -0.25) is 0 Å². The van der Waals surface area contributed by atoms with Crippen LogP contribution in [0.3, 0.4) is 0 Å². The summed E-state index contributed by atoms with van der Waals surface area (Å²) < 4.78 is 11.4. The number of ether oxygens (including phenoxy) is 2. The van der Waals surface area contributed by atoms with Gasteiger partial charge < -0.3 is 14.8 Å². The van der Waals surface area contributed by atoms with Crippen LogP contribution in [0.2, 0.25) is 10.0 Å². The lowest BCUT2D eigenvalue weighted by Gasteiger charge is -2.17. The van der Waals surface area contributed by atoms with E-state index in [4.69, 9.17) is 32.7 Å². The van der Waals surface area contributed by atoms with E-state index < -0.39 is 0 Å². The van der Waals surface area contributed by atoms with Crippen molar-refractivity contribution < 1.29 is 9.47 Å². The second-order valence-corrected chi connectivity index (χ2v) is 6.34. The van der Waals surface area contributed by atoms with Crippen LogP contribution in [0.15, 0.2) is 36.4 Å². The average Bonchev–Trinajstić information content (AvgIpc) is 2.54. The second-order valence-electron chi connectivity index (χ2n) is 5.52. The summed E-state index contributed by atoms with van der Waals surface area (Å²) in [6.45, 7) is 5.32. The minimum atomic E-state index is 0.393. The molecule has 0 aliphatic carbocycles. The van der Waals surface area contributed by atoms with Crippen LogP contribution in [-0.4, -0.2) is 13.2 Å². The number of halogens is 2. The van der Waals surface area contributed by atoms with E-state index >= 15 is 0 Å². The Morgan fingerprint density at radius 3 is 2.52 bits per heavy atom. The molecule has 0 saturated heterocycles. The van der Waals surface area contributed by atoms with Gasteiger partial charge in [-0.05, 0) is 23.8 Å². The highest BCUT2D eigenvalue weighted by Crippen LogP contribution is 2.32. The van der Waals surface area contributed by atoms with Crippen molar-refractivity contribution in [3.8, 4) is 11.5 Å². The third kappa shape index (κ3) is 5.03. The van der Waals surface area contributed by atoms with Gasteiger partial charge in [0, 0.05) is 18.2 Å². The zero-order valence-electron chi connectivity index (χ0n) is 13.5. The van der Waals surface area contributed by atoms with E-state index in [1.807, 2.05) is 30.3 Å². The normalized spacial score (nSPS) is 10.9. The Morgan fingerprint density at radius 2 is 1.87 bits per heavy atom. The van der Waals surface area contributed by atoms with Crippen LogP contribution < -0.4 is 14.8 Å². The Hall–Kier alpha value is -1.42. The van der Waals surface area contributed by atoms with E-state index in [0.29, 0.717) is 35.0 Å². The number of rotatable bonds is 7. The zero-order valence-corrected chi connectivity index (χ0v) is 15.0. The molecule has 2 aromatic carbocycles. The molecule has 0 aliphatic heterocycles. The highest BCUT2D eigenvalue weighted by Gasteiger charge is 2.11. The highest BCUT2D eigenvalue weighted by molar-refractivity contribution is 6.42. The lowest BCUT2D eigenvalue weighted by Crippen LogP contribution is -2.22. The third-order valence-electron chi connectivity index (χ3n) is 3.35. The molecule has 124 valence electrons. The lowest BCUT2D eigenvalue weighted by atomic mass is 10.1. The van der Waals surface area contributed by atoms with Crippen LogP contribution in [0, 0.1) is 0 Å². The molecule has 23 heavy (non-hydrogen) atoms. The predicted molar refractivity (Wildman–Crippen MR) is 95.8 cm³/mol. The molecular weight excluding hydrogens is 333 g/mol. The maximum Gasteiger partial charge on any atom is 0.166 e. The minimum absolute atomic E-state index is 0.393. The molecule has 2 aromatic rings. The highest BCUT2D eigenvalue weighted by atomic mass is 35.5. The molecule has 0 amide bonds. The predicted octanol–water partition coefficient (Wildman–Crippen LogP) is 5.08. The minimum Gasteiger partial charge on any atom is -0.493 e. The molecular formula is C18H21Cl2NO2. The Labute approximate surface area is 147 Å². The van der Waals surface area contributed by atoms with Crippen molar-refractivity contribution in [3.05, 3.63) is 57.6 Å². The van der Waals surface area contributed by atoms with E-state index in [9.17, 15) is 0 Å². The van der Waals surface area contributed by atoms with Gasteiger partial charge in [-0.25, -0.2) is 0 Å². The second kappa shape index (κ2) is 8.44. The molecule has 0 aromatic heterocycles. The summed E-state index contributed by atoms with van der Waals surface area (Å²) in [5.74, 6) is 1.46. The molecule has 0 unspecified atom stereocenters. The van der Waals surface area contributed by atoms with Crippen molar-refractivity contribution in [3.63, 3.8) is 0 Å². The average molecular weight is 354 g/mol. The molecule has 0 heterocycles. The van der Waals surface area contributed by atoms with E-state index in [1.165, 1.54) is 0 Å². The van der Waals surface area contributed by atoms with E-state index in [1.54, 1.807) is 13.2 Å². The fourth-order valence-electron chi connectivity index (χ4n) is 2.12. The Bertz CT molecular complexity index is 659. The summed E-state index contributed by atoms with van der Waals surface area (Å²) in [7, 11) is 1.64. The molecule has 5 heteroatoms. The van der Waals surface area contributed by atoms with Gasteiger partial charge in [0.2, 0.25) is 0 Å². The van der Waals surface area contributed by atoms with Crippen molar-refractivity contribution in [1.29, 1.82) is 0 Å². The number of para-hydroxylation sites is 1. The van der Waals surface area contributed by atoms with Gasteiger partial charge in [-0.1, -0.05) is 55.2 Å². The first-order chi connectivity index (χ1) is 11.0. The summed E-state index contributed by atoms with van der Waals surface area (Å²) in [5.41, 5.74) is 2.01. The Morgan fingerprint density at radius 1 is 1.09 bits per heavy atom. The molecule has 0 fully saturated rings. The van der Waals surface area contributed by atoms with Crippen LogP contribution in [0.25, 0.3) is 0 Å². The van der Waals surface area contributed by atoms with Gasteiger partial charge >= 0.3 is 0 Å². The van der Waals surface area contributed by atoms with E-state index in [0.717, 1.165) is 16.9 Å². The molecule has 2 rings (SSSR count). The van der Waals surface area contributed by atoms with Gasteiger partial charge in [-0.15, -0.1) is 0 Å². The van der Waals surface area contributed by atoms with Crippen LogP contribution >= 0.6 is 23.2 Å². The first-order valence-corrected chi connectivity index (χ1v) is 8.23. The lowest BCUT2D eigenvalue weighted by molar-refractivity contribution is 0.280. The fraction of sp³-hybridized carbons (Fsp3) is 0.333. The van der Waals surface area contributed by atoms with Crippen molar-refractivity contribution in [2.75, 3.05) is 7.11 Å². The summed E-state index contributed by atoms with van der Waals surface area (Å²) in [6.07, 6.45) is 0. The van der Waals surface area contributed by atoms with Gasteiger partial charge in [-0.2, -0.15) is 0 Å². The maximum atomic E-state index is 6.05. The summed E-state index contributed by atoms with van der Waals surface area (Å²) >= 11 is 12.0. The van der Waals surface area contributed by atoms with E-state index in [-0.39, 0.29) is 0 Å². The summed E-state index contributed by atoms with van der Waals surface area (Å²) in [5, 5.41) is 4.45. The number of nitrogens with one attached hydrogen (secondary N) is 1. The third-order valence-corrected chi connectivity index (χ3v) is 4.09. The molecule has 0 bridgehead atoms. The molecule has 0 saturated carbocycles. The summed E-state index contributed by atoms with van der Waals surface area (Å²) in [6, 6.07) is 11.8. The SMILES string of the molecule is COc1cccc(CNC(C)C)c1OCc1ccc(Cl)c(Cl)c1. The monoisotopic (exact) mass is 353 g/mol. The topological polar surface area (TPSA) is 30.5 Å². The van der Waals surface area contributed by atoms with Crippen molar-refractivity contribution in [2.24, 2.45) is 0 Å². The van der Waals surface area contributed by atoms with Crippen LogP contribution in [0.1, 0.15) is 25.0 Å². The standard InChI is InChI=1S/C18H21Cl2NO2/c1-12(2)21-10-14-5-4-6-17(22-3)18(14)23-11-13-7-8-15(19)16(20)9-13/h4-9,12,21H,10-11H2,1-3H3. The van der Waals surface area contributed by atoms with E-state index in [2.05, 4.69) is 19.2 Å². The number of hydrogen-bond donors (Lipinski definition) is 1. The van der Waals surface area contributed by atoms with Crippen LogP contribution in [-0.2, 0) is 13.2 Å². The van der Waals surface area contributed by atoms with Gasteiger partial charge in [0.1, 0.15) is 6.61 Å². The Balaban J connectivity index is 2.17. The first-order valence-electron chi connectivity index (χ1n) is 7.47. The van der Waals surface area contributed by atoms with Crippen LogP contribution in [0.4, 0.5) is 0 Å². The maximum absolute atomic E-state index is 6.05. The molecule has 3 nitrogen and oxygen atoms in total. The fourth-order valence-corrected chi connectivity index (χ4v) is 2.44. The van der Waals surface area contributed by atoms with Crippen molar-refractivity contribution in [2.45, 2.75) is 33.0 Å². The van der Waals surface area contributed by atoms with Gasteiger partial charge in [0.25, 0.3) is 0 Å². The molecule has 0 spiro atoms. The molecule has 1 N–H and O–H groups in total. The number of methoxy groups -OCH3 is 1. The quantitative estimate of drug-likeness (QED) is 0.752. The van der Waals surface area contributed by atoms with Crippen molar-refractivity contribution >= 4 is 23.2 Å².